The monoisotopic (exact) mass is 405 g/mol. The number of fused-ring (bicyclic) bond motifs is 1. The van der Waals surface area contributed by atoms with E-state index < -0.39 is 0 Å². The minimum Gasteiger partial charge on any atom is -0.324 e. The Kier molecular flexibility index (Phi) is 5.92. The van der Waals surface area contributed by atoms with E-state index in [2.05, 4.69) is 26.3 Å². The summed E-state index contributed by atoms with van der Waals surface area (Å²) in [6, 6.07) is 12.9. The number of hydrogen-bond donors (Lipinski definition) is 1. The van der Waals surface area contributed by atoms with Crippen LogP contribution in [0.1, 0.15) is 29.9 Å². The van der Waals surface area contributed by atoms with E-state index in [9.17, 15) is 9.59 Å². The molecule has 7 nitrogen and oxygen atoms in total. The standard InChI is InChI=1S/C23H27N5O2/c1-17(23(30)25-21-8-4-3-7-20(21)18(2)29)27-13-11-26(12-14-27)15-19-16-28-10-6-5-9-22(28)24-19/h3-10,16-17H,11-15H2,1-2H3,(H,25,30). The zero-order chi connectivity index (χ0) is 21.1. The van der Waals surface area contributed by atoms with Crippen LogP contribution < -0.4 is 5.32 Å². The van der Waals surface area contributed by atoms with Crippen molar-refractivity contribution in [1.29, 1.82) is 0 Å². The maximum absolute atomic E-state index is 12.8. The minimum absolute atomic E-state index is 0.0564. The van der Waals surface area contributed by atoms with Crippen molar-refractivity contribution in [2.24, 2.45) is 0 Å². The Morgan fingerprint density at radius 3 is 2.53 bits per heavy atom. The van der Waals surface area contributed by atoms with Gasteiger partial charge in [0.15, 0.2) is 5.78 Å². The molecule has 0 bridgehead atoms. The van der Waals surface area contributed by atoms with Crippen molar-refractivity contribution in [2.45, 2.75) is 26.4 Å². The predicted octanol–water partition coefficient (Wildman–Crippen LogP) is 2.68. The minimum atomic E-state index is -0.262. The molecule has 1 N–H and O–H groups in total. The Balaban J connectivity index is 1.32. The van der Waals surface area contributed by atoms with Crippen molar-refractivity contribution in [1.82, 2.24) is 19.2 Å². The number of carbonyl (C=O) groups is 2. The first kappa shape index (κ1) is 20.3. The molecule has 1 amide bonds. The summed E-state index contributed by atoms with van der Waals surface area (Å²) >= 11 is 0. The molecule has 156 valence electrons. The summed E-state index contributed by atoms with van der Waals surface area (Å²) in [6.45, 7) is 7.64. The van der Waals surface area contributed by atoms with Crippen LogP contribution in [0.25, 0.3) is 5.65 Å². The number of benzene rings is 1. The van der Waals surface area contributed by atoms with Crippen LogP contribution in [0.5, 0.6) is 0 Å². The Morgan fingerprint density at radius 2 is 1.80 bits per heavy atom. The molecule has 4 rings (SSSR count). The molecule has 30 heavy (non-hydrogen) atoms. The summed E-state index contributed by atoms with van der Waals surface area (Å²) in [5.41, 5.74) is 3.13. The third kappa shape index (κ3) is 4.42. The molecular formula is C23H27N5O2. The SMILES string of the molecule is CC(=O)c1ccccc1NC(=O)C(C)N1CCN(Cc2cn3ccccc3n2)CC1. The van der Waals surface area contributed by atoms with Crippen molar-refractivity contribution >= 4 is 23.0 Å². The molecule has 1 unspecified atom stereocenters. The number of nitrogens with one attached hydrogen (secondary N) is 1. The summed E-state index contributed by atoms with van der Waals surface area (Å²) in [4.78, 5) is 33.8. The van der Waals surface area contributed by atoms with Gasteiger partial charge in [0, 0.05) is 50.7 Å². The molecule has 1 aliphatic rings. The number of aromatic nitrogens is 2. The van der Waals surface area contributed by atoms with Gasteiger partial charge >= 0.3 is 0 Å². The van der Waals surface area contributed by atoms with Crippen LogP contribution in [0.4, 0.5) is 5.69 Å². The van der Waals surface area contributed by atoms with Gasteiger partial charge in [-0.25, -0.2) is 4.98 Å². The topological polar surface area (TPSA) is 70.0 Å². The molecule has 3 heterocycles. The van der Waals surface area contributed by atoms with Gasteiger partial charge in [-0.3, -0.25) is 19.4 Å². The summed E-state index contributed by atoms with van der Waals surface area (Å²) in [6.07, 6.45) is 4.08. The Labute approximate surface area is 176 Å². The van der Waals surface area contributed by atoms with Gasteiger partial charge in [-0.1, -0.05) is 18.2 Å². The van der Waals surface area contributed by atoms with Gasteiger partial charge in [-0.2, -0.15) is 0 Å². The fourth-order valence-electron chi connectivity index (χ4n) is 3.90. The normalized spacial score (nSPS) is 16.5. The molecule has 3 aromatic rings. The highest BCUT2D eigenvalue weighted by molar-refractivity contribution is 6.04. The molecule has 1 saturated heterocycles. The van der Waals surface area contributed by atoms with Crippen molar-refractivity contribution in [3.8, 4) is 0 Å². The van der Waals surface area contributed by atoms with Gasteiger partial charge in [-0.15, -0.1) is 0 Å². The lowest BCUT2D eigenvalue weighted by Crippen LogP contribution is -2.52. The highest BCUT2D eigenvalue weighted by Crippen LogP contribution is 2.17. The smallest absolute Gasteiger partial charge is 0.241 e. The van der Waals surface area contributed by atoms with E-state index in [4.69, 9.17) is 0 Å². The lowest BCUT2D eigenvalue weighted by molar-refractivity contribution is -0.121. The Hall–Kier alpha value is -3.03. The summed E-state index contributed by atoms with van der Waals surface area (Å²) in [7, 11) is 0. The Bertz CT molecular complexity index is 1020. The van der Waals surface area contributed by atoms with Crippen LogP contribution in [0, 0.1) is 0 Å². The zero-order valence-electron chi connectivity index (χ0n) is 17.4. The van der Waals surface area contributed by atoms with E-state index in [1.54, 1.807) is 18.2 Å². The van der Waals surface area contributed by atoms with Crippen molar-refractivity contribution in [3.63, 3.8) is 0 Å². The first-order chi connectivity index (χ1) is 14.5. The number of pyridine rings is 1. The lowest BCUT2D eigenvalue weighted by atomic mass is 10.1. The van der Waals surface area contributed by atoms with Gasteiger partial charge in [0.2, 0.25) is 5.91 Å². The molecule has 0 saturated carbocycles. The molecule has 7 heteroatoms. The van der Waals surface area contributed by atoms with Gasteiger partial charge < -0.3 is 9.72 Å². The van der Waals surface area contributed by atoms with Crippen LogP contribution >= 0.6 is 0 Å². The number of amides is 1. The van der Waals surface area contributed by atoms with E-state index in [-0.39, 0.29) is 17.7 Å². The van der Waals surface area contributed by atoms with E-state index >= 15 is 0 Å². The molecule has 1 fully saturated rings. The average Bonchev–Trinajstić information content (AvgIpc) is 3.16. The molecule has 0 aliphatic carbocycles. The lowest BCUT2D eigenvalue weighted by Gasteiger charge is -2.37. The van der Waals surface area contributed by atoms with Crippen LogP contribution in [0.15, 0.2) is 54.9 Å². The van der Waals surface area contributed by atoms with Crippen molar-refractivity contribution in [3.05, 3.63) is 66.1 Å². The third-order valence-electron chi connectivity index (χ3n) is 5.70. The number of anilines is 1. The number of hydrogen-bond acceptors (Lipinski definition) is 5. The number of rotatable bonds is 6. The fourth-order valence-corrected chi connectivity index (χ4v) is 3.90. The molecule has 0 radical (unpaired) electrons. The van der Waals surface area contributed by atoms with Gasteiger partial charge in [0.05, 0.1) is 17.4 Å². The zero-order valence-corrected chi connectivity index (χ0v) is 17.4. The number of para-hydroxylation sites is 1. The molecule has 1 aliphatic heterocycles. The number of imidazole rings is 1. The number of carbonyl (C=O) groups excluding carboxylic acids is 2. The van der Waals surface area contributed by atoms with Gasteiger partial charge in [-0.05, 0) is 38.1 Å². The van der Waals surface area contributed by atoms with Crippen LogP contribution in [-0.2, 0) is 11.3 Å². The van der Waals surface area contributed by atoms with Crippen molar-refractivity contribution in [2.75, 3.05) is 31.5 Å². The third-order valence-corrected chi connectivity index (χ3v) is 5.70. The second kappa shape index (κ2) is 8.77. The van der Waals surface area contributed by atoms with E-state index in [0.717, 1.165) is 44.1 Å². The van der Waals surface area contributed by atoms with Crippen LogP contribution in [0.2, 0.25) is 0 Å². The van der Waals surface area contributed by atoms with E-state index in [0.29, 0.717) is 11.3 Å². The molecule has 1 aromatic carbocycles. The summed E-state index contributed by atoms with van der Waals surface area (Å²) in [5.74, 6) is -0.142. The predicted molar refractivity (Wildman–Crippen MR) is 117 cm³/mol. The van der Waals surface area contributed by atoms with E-state index in [1.807, 2.05) is 41.8 Å². The first-order valence-corrected chi connectivity index (χ1v) is 10.3. The quantitative estimate of drug-likeness (QED) is 0.639. The second-order valence-corrected chi connectivity index (χ2v) is 7.78. The van der Waals surface area contributed by atoms with Crippen LogP contribution in [0.3, 0.4) is 0 Å². The average molecular weight is 406 g/mol. The Morgan fingerprint density at radius 1 is 1.07 bits per heavy atom. The van der Waals surface area contributed by atoms with Gasteiger partial charge in [0.1, 0.15) is 5.65 Å². The number of piperazine rings is 1. The highest BCUT2D eigenvalue weighted by Gasteiger charge is 2.26. The highest BCUT2D eigenvalue weighted by atomic mass is 16.2. The van der Waals surface area contributed by atoms with Crippen molar-refractivity contribution < 1.29 is 9.59 Å². The molecule has 1 atom stereocenters. The summed E-state index contributed by atoms with van der Waals surface area (Å²) in [5, 5.41) is 2.93. The second-order valence-electron chi connectivity index (χ2n) is 7.78. The number of ketones is 1. The largest absolute Gasteiger partial charge is 0.324 e. The fraction of sp³-hybridized carbons (Fsp3) is 0.348. The van der Waals surface area contributed by atoms with Gasteiger partial charge in [0.25, 0.3) is 0 Å². The number of Topliss-reactive ketones (excluding diaryl/α,β-unsaturated/α-hetero) is 1. The van der Waals surface area contributed by atoms with E-state index in [1.165, 1.54) is 6.92 Å². The molecule has 2 aromatic heterocycles. The number of nitrogens with zero attached hydrogens (tertiary/aromatic N) is 4. The molecular weight excluding hydrogens is 378 g/mol. The summed E-state index contributed by atoms with van der Waals surface area (Å²) < 4.78 is 2.04. The van der Waals surface area contributed by atoms with Crippen LogP contribution in [-0.4, -0.2) is 63.1 Å². The first-order valence-electron chi connectivity index (χ1n) is 10.3. The molecule has 0 spiro atoms. The maximum atomic E-state index is 12.8. The maximum Gasteiger partial charge on any atom is 0.241 e.